The van der Waals surface area contributed by atoms with Crippen molar-refractivity contribution in [2.75, 3.05) is 23.7 Å². The Morgan fingerprint density at radius 3 is 2.32 bits per heavy atom. The number of alkyl halides is 3. The molecule has 0 saturated carbocycles. The fraction of sp³-hybridized carbons (Fsp3) is 0.440. The Bertz CT molecular complexity index is 1190. The van der Waals surface area contributed by atoms with Crippen molar-refractivity contribution in [3.63, 3.8) is 0 Å². The smallest absolute Gasteiger partial charge is 0.355 e. The number of nitrogens with zero attached hydrogens (tertiary/aromatic N) is 2. The average molecular weight is 562 g/mol. The number of halogens is 4. The quantitative estimate of drug-likeness (QED) is 0.401. The summed E-state index contributed by atoms with van der Waals surface area (Å²) in [7, 11) is -3.93. The van der Waals surface area contributed by atoms with Crippen molar-refractivity contribution >= 4 is 39.1 Å². The number of anilines is 1. The number of nitrogens with one attached hydrogen (secondary N) is 1. The predicted molar refractivity (Wildman–Crippen MR) is 138 cm³/mol. The van der Waals surface area contributed by atoms with Crippen molar-refractivity contribution in [2.45, 2.75) is 51.9 Å². The summed E-state index contributed by atoms with van der Waals surface area (Å²) in [4.78, 5) is 27.4. The van der Waals surface area contributed by atoms with Crippen LogP contribution in [0.3, 0.4) is 0 Å². The van der Waals surface area contributed by atoms with Gasteiger partial charge < -0.3 is 10.2 Å². The van der Waals surface area contributed by atoms with Gasteiger partial charge in [0.15, 0.2) is 0 Å². The van der Waals surface area contributed by atoms with E-state index in [9.17, 15) is 31.2 Å². The van der Waals surface area contributed by atoms with Gasteiger partial charge in [-0.1, -0.05) is 42.8 Å². The van der Waals surface area contributed by atoms with Gasteiger partial charge in [-0.2, -0.15) is 13.2 Å². The van der Waals surface area contributed by atoms with Gasteiger partial charge in [0.05, 0.1) is 17.5 Å². The third-order valence-electron chi connectivity index (χ3n) is 5.65. The van der Waals surface area contributed by atoms with E-state index in [-0.39, 0.29) is 37.5 Å². The largest absolute Gasteiger partial charge is 0.416 e. The summed E-state index contributed by atoms with van der Waals surface area (Å²) in [5, 5.41) is 3.15. The lowest BCUT2D eigenvalue weighted by atomic mass is 10.1. The van der Waals surface area contributed by atoms with Crippen LogP contribution in [0.4, 0.5) is 18.9 Å². The normalized spacial score (nSPS) is 12.6. The van der Waals surface area contributed by atoms with Crippen LogP contribution in [0.15, 0.2) is 48.5 Å². The molecule has 1 unspecified atom stereocenters. The minimum atomic E-state index is -4.64. The molecule has 0 aromatic heterocycles. The van der Waals surface area contributed by atoms with Crippen LogP contribution in [-0.2, 0) is 32.3 Å². The van der Waals surface area contributed by atoms with Crippen LogP contribution < -0.4 is 9.62 Å². The standard InChI is InChI=1S/C25H31ClF3N3O4S/c1-4-22(24(34)30-5-2)31(17-18-10-6-7-13-21(18)26)23(33)14-9-15-32(37(3,35)36)20-12-8-11-19(16-20)25(27,28)29/h6-8,10-13,16,22H,4-5,9,14-15,17H2,1-3H3,(H,30,34). The minimum absolute atomic E-state index is 0.0208. The molecule has 204 valence electrons. The van der Waals surface area contributed by atoms with E-state index in [0.29, 0.717) is 23.6 Å². The van der Waals surface area contributed by atoms with E-state index < -0.39 is 33.7 Å². The predicted octanol–water partition coefficient (Wildman–Crippen LogP) is 4.85. The second-order valence-electron chi connectivity index (χ2n) is 8.42. The molecule has 0 spiro atoms. The highest BCUT2D eigenvalue weighted by Crippen LogP contribution is 2.32. The van der Waals surface area contributed by atoms with Crippen molar-refractivity contribution in [2.24, 2.45) is 0 Å². The molecule has 2 rings (SSSR count). The molecule has 0 heterocycles. The second kappa shape index (κ2) is 13.1. The zero-order valence-corrected chi connectivity index (χ0v) is 22.5. The van der Waals surface area contributed by atoms with Crippen molar-refractivity contribution in [3.8, 4) is 0 Å². The first-order valence-electron chi connectivity index (χ1n) is 11.7. The summed E-state index contributed by atoms with van der Waals surface area (Å²) in [6.07, 6.45) is -3.52. The highest BCUT2D eigenvalue weighted by atomic mass is 35.5. The van der Waals surface area contributed by atoms with E-state index in [1.807, 2.05) is 0 Å². The van der Waals surface area contributed by atoms with E-state index in [2.05, 4.69) is 5.32 Å². The third kappa shape index (κ3) is 8.63. The molecule has 0 aliphatic carbocycles. The van der Waals surface area contributed by atoms with Crippen LogP contribution in [0.5, 0.6) is 0 Å². The number of amides is 2. The number of sulfonamides is 1. The monoisotopic (exact) mass is 561 g/mol. The first-order chi connectivity index (χ1) is 17.3. The van der Waals surface area contributed by atoms with Crippen LogP contribution in [0.25, 0.3) is 0 Å². The number of hydrogen-bond donors (Lipinski definition) is 1. The van der Waals surface area contributed by atoms with Crippen molar-refractivity contribution < 1.29 is 31.2 Å². The first kappa shape index (κ1) is 30.4. The maximum absolute atomic E-state index is 13.3. The number of carbonyl (C=O) groups excluding carboxylic acids is 2. The fourth-order valence-corrected chi connectivity index (χ4v) is 5.02. The van der Waals surface area contributed by atoms with E-state index in [0.717, 1.165) is 28.8 Å². The molecule has 0 saturated heterocycles. The second-order valence-corrected chi connectivity index (χ2v) is 10.7. The molecule has 0 fully saturated rings. The van der Waals surface area contributed by atoms with Crippen LogP contribution in [0.1, 0.15) is 44.2 Å². The molecule has 0 radical (unpaired) electrons. The van der Waals surface area contributed by atoms with E-state index in [1.54, 1.807) is 38.1 Å². The van der Waals surface area contributed by atoms with Crippen LogP contribution in [0, 0.1) is 0 Å². The Kier molecular flexibility index (Phi) is 10.8. The van der Waals surface area contributed by atoms with Gasteiger partial charge in [0.2, 0.25) is 21.8 Å². The molecule has 1 atom stereocenters. The Labute approximate surface area is 220 Å². The fourth-order valence-electron chi connectivity index (χ4n) is 3.86. The van der Waals surface area contributed by atoms with Crippen molar-refractivity contribution in [1.82, 2.24) is 10.2 Å². The number of carbonyl (C=O) groups is 2. The summed E-state index contributed by atoms with van der Waals surface area (Å²) < 4.78 is 65.1. The summed E-state index contributed by atoms with van der Waals surface area (Å²) in [5.74, 6) is -0.734. The lowest BCUT2D eigenvalue weighted by Gasteiger charge is -2.31. The molecule has 0 aliphatic heterocycles. The van der Waals surface area contributed by atoms with Crippen LogP contribution in [-0.4, -0.2) is 50.5 Å². The Morgan fingerprint density at radius 1 is 1.08 bits per heavy atom. The van der Waals surface area contributed by atoms with Gasteiger partial charge in [0, 0.05) is 31.1 Å². The average Bonchev–Trinajstić information content (AvgIpc) is 2.81. The number of hydrogen-bond acceptors (Lipinski definition) is 4. The SMILES string of the molecule is CCNC(=O)C(CC)N(Cc1ccccc1Cl)C(=O)CCCN(c1cccc(C(F)(F)F)c1)S(C)(=O)=O. The Balaban J connectivity index is 2.25. The number of benzene rings is 2. The lowest BCUT2D eigenvalue weighted by Crippen LogP contribution is -2.49. The van der Waals surface area contributed by atoms with Gasteiger partial charge in [-0.25, -0.2) is 8.42 Å². The summed E-state index contributed by atoms with van der Waals surface area (Å²) in [6, 6.07) is 10.1. The van der Waals surface area contributed by atoms with Crippen LogP contribution >= 0.6 is 11.6 Å². The summed E-state index contributed by atoms with van der Waals surface area (Å²) in [6.45, 7) is 3.76. The van der Waals surface area contributed by atoms with Gasteiger partial charge in [-0.15, -0.1) is 0 Å². The van der Waals surface area contributed by atoms with E-state index >= 15 is 0 Å². The van der Waals surface area contributed by atoms with Crippen molar-refractivity contribution in [3.05, 3.63) is 64.7 Å². The van der Waals surface area contributed by atoms with Gasteiger partial charge in [-0.3, -0.25) is 13.9 Å². The number of likely N-dealkylation sites (N-methyl/N-ethyl adjacent to an activating group) is 1. The topological polar surface area (TPSA) is 86.8 Å². The number of rotatable bonds is 12. The molecule has 2 amide bonds. The van der Waals surface area contributed by atoms with Crippen molar-refractivity contribution in [1.29, 1.82) is 0 Å². The zero-order valence-electron chi connectivity index (χ0n) is 20.9. The lowest BCUT2D eigenvalue weighted by molar-refractivity contribution is -0.141. The minimum Gasteiger partial charge on any atom is -0.355 e. The summed E-state index contributed by atoms with van der Waals surface area (Å²) >= 11 is 6.28. The molecule has 2 aromatic carbocycles. The molecule has 37 heavy (non-hydrogen) atoms. The maximum atomic E-state index is 13.3. The highest BCUT2D eigenvalue weighted by Gasteiger charge is 2.32. The molecular formula is C25H31ClF3N3O4S. The van der Waals surface area contributed by atoms with Crippen LogP contribution in [0.2, 0.25) is 5.02 Å². The zero-order chi connectivity index (χ0) is 27.8. The van der Waals surface area contributed by atoms with Gasteiger partial charge >= 0.3 is 6.18 Å². The third-order valence-corrected chi connectivity index (χ3v) is 7.21. The van der Waals surface area contributed by atoms with E-state index in [1.165, 1.54) is 11.0 Å². The van der Waals surface area contributed by atoms with E-state index in [4.69, 9.17) is 11.6 Å². The molecular weight excluding hydrogens is 531 g/mol. The Morgan fingerprint density at radius 2 is 1.76 bits per heavy atom. The first-order valence-corrected chi connectivity index (χ1v) is 14.0. The maximum Gasteiger partial charge on any atom is 0.416 e. The molecule has 12 heteroatoms. The molecule has 1 N–H and O–H groups in total. The molecule has 2 aromatic rings. The van der Waals surface area contributed by atoms with Gasteiger partial charge in [0.25, 0.3) is 0 Å². The van der Waals surface area contributed by atoms with Gasteiger partial charge in [-0.05, 0) is 49.6 Å². The molecule has 0 aliphatic rings. The van der Waals surface area contributed by atoms with Gasteiger partial charge in [0.1, 0.15) is 6.04 Å². The summed E-state index contributed by atoms with van der Waals surface area (Å²) in [5.41, 5.74) is -0.484. The Hall–Kier alpha value is -2.79. The molecule has 7 nitrogen and oxygen atoms in total. The highest BCUT2D eigenvalue weighted by molar-refractivity contribution is 7.92. The molecule has 0 bridgehead atoms.